The largest absolute Gasteiger partial charge is 0.390 e. The lowest BCUT2D eigenvalue weighted by molar-refractivity contribution is -0.0181. The van der Waals surface area contributed by atoms with E-state index in [1.165, 1.54) is 0 Å². The molecule has 1 N–H and O–H groups in total. The second kappa shape index (κ2) is 3.41. The maximum absolute atomic E-state index is 9.11. The molecule has 0 radical (unpaired) electrons. The summed E-state index contributed by atoms with van der Waals surface area (Å²) in [5.74, 6) is 0. The fourth-order valence-electron chi connectivity index (χ4n) is 0.913. The minimum Gasteiger partial charge on any atom is -0.390 e. The molecule has 0 aromatic carbocycles. The molecule has 5 heteroatoms. The fraction of sp³-hybridized carbons (Fsp3) is 1.00. The van der Waals surface area contributed by atoms with Crippen molar-refractivity contribution in [1.82, 2.24) is 0 Å². The highest BCUT2D eigenvalue weighted by Crippen LogP contribution is 2.10. The average Bonchev–Trinajstić information content (AvgIpc) is 1.94. The first-order valence-corrected chi connectivity index (χ1v) is 3.14. The van der Waals surface area contributed by atoms with Gasteiger partial charge in [0.1, 0.15) is 0 Å². The van der Waals surface area contributed by atoms with Crippen LogP contribution in [-0.4, -0.2) is 30.5 Å². The van der Waals surface area contributed by atoms with Crippen molar-refractivity contribution in [2.24, 2.45) is 5.11 Å². The van der Waals surface area contributed by atoms with E-state index in [-0.39, 0.29) is 12.6 Å². The second-order valence-corrected chi connectivity index (χ2v) is 2.20. The van der Waals surface area contributed by atoms with Crippen LogP contribution in [0.5, 0.6) is 0 Å². The van der Waals surface area contributed by atoms with Gasteiger partial charge in [-0.2, -0.15) is 0 Å². The van der Waals surface area contributed by atoms with E-state index < -0.39 is 6.10 Å². The van der Waals surface area contributed by atoms with Crippen molar-refractivity contribution in [2.45, 2.75) is 18.6 Å². The monoisotopic (exact) mass is 143 g/mol. The van der Waals surface area contributed by atoms with E-state index in [4.69, 9.17) is 15.4 Å². The molecule has 0 amide bonds. The molecule has 10 heavy (non-hydrogen) atoms. The molecule has 0 aromatic heterocycles. The molecule has 0 unspecified atom stereocenters. The molecular weight excluding hydrogens is 134 g/mol. The number of hydrogen-bond donors (Lipinski definition) is 1. The standard InChI is InChI=1S/C5H9N3O2/c6-8-7-4-1-2-10-3-5(4)9/h4-5,9H,1-3H2/t4-,5-/m0/s1. The maximum atomic E-state index is 9.11. The zero-order valence-corrected chi connectivity index (χ0v) is 5.47. The van der Waals surface area contributed by atoms with Crippen LogP contribution >= 0.6 is 0 Å². The van der Waals surface area contributed by atoms with E-state index in [0.717, 1.165) is 0 Å². The number of azide groups is 1. The van der Waals surface area contributed by atoms with Gasteiger partial charge in [0.2, 0.25) is 0 Å². The van der Waals surface area contributed by atoms with E-state index in [1.807, 2.05) is 0 Å². The van der Waals surface area contributed by atoms with E-state index in [9.17, 15) is 0 Å². The van der Waals surface area contributed by atoms with E-state index in [0.29, 0.717) is 13.0 Å². The average molecular weight is 143 g/mol. The highest BCUT2D eigenvalue weighted by Gasteiger charge is 2.21. The van der Waals surface area contributed by atoms with Gasteiger partial charge in [-0.1, -0.05) is 5.11 Å². The SMILES string of the molecule is [N-]=[N+]=N[C@H]1CCOC[C@@H]1O. The fourth-order valence-corrected chi connectivity index (χ4v) is 0.913. The molecule has 0 bridgehead atoms. The van der Waals surface area contributed by atoms with Crippen LogP contribution in [0.25, 0.3) is 10.4 Å². The zero-order chi connectivity index (χ0) is 7.40. The Morgan fingerprint density at radius 1 is 1.70 bits per heavy atom. The first-order chi connectivity index (χ1) is 4.84. The van der Waals surface area contributed by atoms with Crippen LogP contribution in [0.1, 0.15) is 6.42 Å². The Morgan fingerprint density at radius 2 is 2.50 bits per heavy atom. The molecule has 1 aliphatic rings. The van der Waals surface area contributed by atoms with Crippen LogP contribution in [0.3, 0.4) is 0 Å². The first-order valence-electron chi connectivity index (χ1n) is 3.14. The van der Waals surface area contributed by atoms with Gasteiger partial charge in [-0.15, -0.1) is 0 Å². The zero-order valence-electron chi connectivity index (χ0n) is 5.47. The van der Waals surface area contributed by atoms with Crippen molar-refractivity contribution in [2.75, 3.05) is 13.2 Å². The number of nitrogens with zero attached hydrogens (tertiary/aromatic N) is 3. The van der Waals surface area contributed by atoms with Gasteiger partial charge in [-0.3, -0.25) is 0 Å². The van der Waals surface area contributed by atoms with Crippen LogP contribution in [0.4, 0.5) is 0 Å². The Labute approximate surface area is 58.2 Å². The molecule has 0 aliphatic carbocycles. The highest BCUT2D eigenvalue weighted by molar-refractivity contribution is 4.78. The molecule has 0 spiro atoms. The Balaban J connectivity index is 2.47. The van der Waals surface area contributed by atoms with E-state index >= 15 is 0 Å². The van der Waals surface area contributed by atoms with Gasteiger partial charge in [0.05, 0.1) is 18.8 Å². The van der Waals surface area contributed by atoms with Gasteiger partial charge >= 0.3 is 0 Å². The summed E-state index contributed by atoms with van der Waals surface area (Å²) in [6, 6.07) is -0.293. The van der Waals surface area contributed by atoms with Crippen LogP contribution < -0.4 is 0 Å². The lowest BCUT2D eigenvalue weighted by Gasteiger charge is -2.23. The molecule has 1 rings (SSSR count). The molecule has 5 nitrogen and oxygen atoms in total. The molecule has 56 valence electrons. The lowest BCUT2D eigenvalue weighted by atomic mass is 10.1. The maximum Gasteiger partial charge on any atom is 0.0859 e. The van der Waals surface area contributed by atoms with Gasteiger partial charge in [0.15, 0.2) is 0 Å². The second-order valence-electron chi connectivity index (χ2n) is 2.20. The van der Waals surface area contributed by atoms with Crippen molar-refractivity contribution < 1.29 is 9.84 Å². The summed E-state index contributed by atoms with van der Waals surface area (Å²) in [6.45, 7) is 0.852. The van der Waals surface area contributed by atoms with Crippen molar-refractivity contribution in [3.63, 3.8) is 0 Å². The summed E-state index contributed by atoms with van der Waals surface area (Å²) in [5, 5.41) is 12.5. The number of aliphatic hydroxyl groups excluding tert-OH is 1. The number of hydrogen-bond acceptors (Lipinski definition) is 3. The van der Waals surface area contributed by atoms with Gasteiger partial charge in [0.25, 0.3) is 0 Å². The first kappa shape index (κ1) is 7.34. The Kier molecular flexibility index (Phi) is 2.50. The third-order valence-electron chi connectivity index (χ3n) is 1.49. The minimum absolute atomic E-state index is 0.281. The van der Waals surface area contributed by atoms with Crippen LogP contribution in [0, 0.1) is 0 Å². The Morgan fingerprint density at radius 3 is 3.10 bits per heavy atom. The third-order valence-corrected chi connectivity index (χ3v) is 1.49. The summed E-state index contributed by atoms with van der Waals surface area (Å²) in [4.78, 5) is 2.62. The Hall–Kier alpha value is -0.770. The van der Waals surface area contributed by atoms with Crippen molar-refractivity contribution in [3.8, 4) is 0 Å². The van der Waals surface area contributed by atoms with E-state index in [2.05, 4.69) is 10.0 Å². The molecule has 1 fully saturated rings. The van der Waals surface area contributed by atoms with Gasteiger partial charge in [0, 0.05) is 11.5 Å². The summed E-state index contributed by atoms with van der Waals surface area (Å²) in [7, 11) is 0. The summed E-state index contributed by atoms with van der Waals surface area (Å²) < 4.78 is 4.92. The Bertz CT molecular complexity index is 155. The number of rotatable bonds is 1. The third kappa shape index (κ3) is 1.60. The highest BCUT2D eigenvalue weighted by atomic mass is 16.5. The molecule has 0 aromatic rings. The van der Waals surface area contributed by atoms with Crippen molar-refractivity contribution >= 4 is 0 Å². The molecule has 1 heterocycles. The molecule has 1 saturated heterocycles. The van der Waals surface area contributed by atoms with Crippen molar-refractivity contribution in [1.29, 1.82) is 0 Å². The molecule has 1 aliphatic heterocycles. The van der Waals surface area contributed by atoms with Gasteiger partial charge in [-0.05, 0) is 12.0 Å². The van der Waals surface area contributed by atoms with E-state index in [1.54, 1.807) is 0 Å². The molecule has 0 saturated carbocycles. The molecule has 2 atom stereocenters. The van der Waals surface area contributed by atoms with Gasteiger partial charge < -0.3 is 9.84 Å². The molecular formula is C5H9N3O2. The summed E-state index contributed by atoms with van der Waals surface area (Å²) >= 11 is 0. The predicted molar refractivity (Wildman–Crippen MR) is 34.4 cm³/mol. The minimum atomic E-state index is -0.621. The van der Waals surface area contributed by atoms with Crippen molar-refractivity contribution in [3.05, 3.63) is 10.4 Å². The van der Waals surface area contributed by atoms with Gasteiger partial charge in [-0.25, -0.2) is 0 Å². The topological polar surface area (TPSA) is 78.2 Å². The summed E-state index contributed by atoms with van der Waals surface area (Å²) in [6.07, 6.45) is -0.00440. The van der Waals surface area contributed by atoms with Crippen LogP contribution in [0.15, 0.2) is 5.11 Å². The van der Waals surface area contributed by atoms with Crippen LogP contribution in [-0.2, 0) is 4.74 Å². The predicted octanol–water partition coefficient (Wildman–Crippen LogP) is 0.447. The lowest BCUT2D eigenvalue weighted by Crippen LogP contribution is -2.34. The summed E-state index contributed by atoms with van der Waals surface area (Å²) in [5.41, 5.74) is 8.04. The quantitative estimate of drug-likeness (QED) is 0.328. The van der Waals surface area contributed by atoms with Crippen LogP contribution in [0.2, 0.25) is 0 Å². The smallest absolute Gasteiger partial charge is 0.0859 e. The normalized spacial score (nSPS) is 32.9. The number of aliphatic hydroxyl groups is 1. The number of ether oxygens (including phenoxy) is 1.